The van der Waals surface area contributed by atoms with Crippen LogP contribution in [-0.2, 0) is 11.2 Å². The fourth-order valence-electron chi connectivity index (χ4n) is 4.88. The number of aromatic nitrogens is 1. The van der Waals surface area contributed by atoms with Gasteiger partial charge in [0.05, 0.1) is 6.20 Å². The lowest BCUT2D eigenvalue weighted by Crippen LogP contribution is -2.39. The Balaban J connectivity index is 1.51. The Hall–Kier alpha value is -3.58. The molecule has 0 spiro atoms. The van der Waals surface area contributed by atoms with Gasteiger partial charge in [-0.1, -0.05) is 24.6 Å². The summed E-state index contributed by atoms with van der Waals surface area (Å²) < 4.78 is 7.81. The molecular formula is C27H26ClN3O4. The summed E-state index contributed by atoms with van der Waals surface area (Å²) in [6.07, 6.45) is 5.09. The molecule has 35 heavy (non-hydrogen) atoms. The number of carbonyl (C=O) groups is 2. The fraction of sp³-hybridized carbons (Fsp3) is 0.296. The number of hydrogen-bond donors (Lipinski definition) is 2. The molecule has 1 aromatic heterocycles. The number of hydrogen-bond acceptors (Lipinski definition) is 4. The van der Waals surface area contributed by atoms with Gasteiger partial charge in [0, 0.05) is 33.8 Å². The maximum absolute atomic E-state index is 13.3. The van der Waals surface area contributed by atoms with Crippen molar-refractivity contribution in [3.63, 3.8) is 0 Å². The maximum Gasteiger partial charge on any atom is 0.252 e. The zero-order valence-corrected chi connectivity index (χ0v) is 20.0. The van der Waals surface area contributed by atoms with Crippen LogP contribution in [0.5, 0.6) is 5.75 Å². The van der Waals surface area contributed by atoms with E-state index in [1.165, 1.54) is 4.57 Å². The molecule has 0 bridgehead atoms. The third-order valence-corrected chi connectivity index (χ3v) is 7.21. The van der Waals surface area contributed by atoms with E-state index in [0.29, 0.717) is 39.9 Å². The third kappa shape index (κ3) is 4.44. The first-order valence-corrected chi connectivity index (χ1v) is 12.1. The van der Waals surface area contributed by atoms with Gasteiger partial charge in [-0.05, 0) is 73.2 Å². The minimum Gasteiger partial charge on any atom is -0.488 e. The highest BCUT2D eigenvalue weighted by molar-refractivity contribution is 6.30. The highest BCUT2D eigenvalue weighted by Crippen LogP contribution is 2.43. The maximum atomic E-state index is 13.3. The number of pyridine rings is 1. The minimum absolute atomic E-state index is 0.0844. The van der Waals surface area contributed by atoms with Crippen LogP contribution in [0.2, 0.25) is 5.02 Å². The van der Waals surface area contributed by atoms with Gasteiger partial charge in [0.25, 0.3) is 5.56 Å². The van der Waals surface area contributed by atoms with Crippen LogP contribution in [0.15, 0.2) is 59.5 Å². The Kier molecular flexibility index (Phi) is 6.11. The molecule has 0 saturated heterocycles. The van der Waals surface area contributed by atoms with Gasteiger partial charge in [0.1, 0.15) is 17.9 Å². The summed E-state index contributed by atoms with van der Waals surface area (Å²) in [5.41, 5.74) is 8.59. The molecule has 180 valence electrons. The average Bonchev–Trinajstić information content (AvgIpc) is 2.82. The van der Waals surface area contributed by atoms with Crippen LogP contribution in [0, 0.1) is 5.92 Å². The summed E-state index contributed by atoms with van der Waals surface area (Å²) in [6, 6.07) is 12.9. The second kappa shape index (κ2) is 9.23. The van der Waals surface area contributed by atoms with E-state index in [9.17, 15) is 14.4 Å². The summed E-state index contributed by atoms with van der Waals surface area (Å²) in [7, 11) is 0. The largest absolute Gasteiger partial charge is 0.488 e. The van der Waals surface area contributed by atoms with Gasteiger partial charge in [-0.25, -0.2) is 0 Å². The predicted molar refractivity (Wildman–Crippen MR) is 135 cm³/mol. The average molecular weight is 492 g/mol. The molecule has 8 heteroatoms. The first-order valence-electron chi connectivity index (χ1n) is 11.8. The standard InChI is InChI=1S/C27H26ClN3O4/c1-2-22(27(34)30-19-8-4-15(5-9-19)26(29)33)31-14-24-21(13-25(31)32)20-12-18(28)7-3-16(20)11-17-6-10-23(17)35-24/h3-5,7-9,12-14,17,22-23H,2,6,10-11H2,1H3,(H2,29,33)(H,30,34). The molecule has 3 N–H and O–H groups in total. The molecule has 0 radical (unpaired) electrons. The number of halogens is 1. The van der Waals surface area contributed by atoms with Crippen LogP contribution in [0.4, 0.5) is 5.69 Å². The smallest absolute Gasteiger partial charge is 0.252 e. The fourth-order valence-corrected chi connectivity index (χ4v) is 5.05. The van der Waals surface area contributed by atoms with Crippen LogP contribution in [0.3, 0.4) is 0 Å². The van der Waals surface area contributed by atoms with Crippen molar-refractivity contribution in [1.29, 1.82) is 0 Å². The zero-order chi connectivity index (χ0) is 24.7. The Labute approximate surface area is 207 Å². The number of fused-ring (bicyclic) bond motifs is 4. The Morgan fingerprint density at radius 1 is 1.14 bits per heavy atom. The molecule has 2 aliphatic rings. The van der Waals surface area contributed by atoms with Gasteiger partial charge in [-0.15, -0.1) is 0 Å². The Morgan fingerprint density at radius 3 is 2.57 bits per heavy atom. The van der Waals surface area contributed by atoms with Crippen LogP contribution < -0.4 is 21.3 Å². The van der Waals surface area contributed by atoms with Crippen molar-refractivity contribution in [3.8, 4) is 16.9 Å². The van der Waals surface area contributed by atoms with E-state index in [2.05, 4.69) is 5.32 Å². The molecular weight excluding hydrogens is 466 g/mol. The van der Waals surface area contributed by atoms with E-state index < -0.39 is 11.9 Å². The van der Waals surface area contributed by atoms with E-state index in [1.807, 2.05) is 25.1 Å². The summed E-state index contributed by atoms with van der Waals surface area (Å²) in [5.74, 6) is 0.118. The monoisotopic (exact) mass is 491 g/mol. The van der Waals surface area contributed by atoms with E-state index in [-0.39, 0.29) is 17.6 Å². The van der Waals surface area contributed by atoms with Gasteiger partial charge < -0.3 is 15.8 Å². The van der Waals surface area contributed by atoms with Crippen molar-refractivity contribution in [2.75, 3.05) is 5.32 Å². The molecule has 2 heterocycles. The van der Waals surface area contributed by atoms with Crippen LogP contribution in [-0.4, -0.2) is 22.5 Å². The second-order valence-electron chi connectivity index (χ2n) is 9.15. The van der Waals surface area contributed by atoms with E-state index in [0.717, 1.165) is 30.4 Å². The van der Waals surface area contributed by atoms with Crippen molar-refractivity contribution in [2.24, 2.45) is 11.7 Å². The molecule has 1 aliphatic heterocycles. The predicted octanol–water partition coefficient (Wildman–Crippen LogP) is 4.57. The normalized spacial score (nSPS) is 18.9. The van der Waals surface area contributed by atoms with Crippen molar-refractivity contribution in [2.45, 2.75) is 44.8 Å². The molecule has 2 amide bonds. The summed E-state index contributed by atoms with van der Waals surface area (Å²) >= 11 is 6.30. The summed E-state index contributed by atoms with van der Waals surface area (Å²) in [6.45, 7) is 1.85. The molecule has 1 saturated carbocycles. The Morgan fingerprint density at radius 2 is 1.91 bits per heavy atom. The SMILES string of the molecule is CCC(C(=O)Nc1ccc(C(N)=O)cc1)n1cc2c(cc1=O)-c1cc(Cl)ccc1CC1CCC1O2. The van der Waals surface area contributed by atoms with E-state index >= 15 is 0 Å². The molecule has 3 aromatic rings. The molecule has 5 rings (SSSR count). The van der Waals surface area contributed by atoms with Gasteiger partial charge in [-0.3, -0.25) is 19.0 Å². The lowest BCUT2D eigenvalue weighted by Gasteiger charge is -2.39. The summed E-state index contributed by atoms with van der Waals surface area (Å²) in [5, 5.41) is 3.42. The molecule has 3 atom stereocenters. The zero-order valence-electron chi connectivity index (χ0n) is 19.3. The lowest BCUT2D eigenvalue weighted by molar-refractivity contribution is -0.119. The van der Waals surface area contributed by atoms with Crippen molar-refractivity contribution in [3.05, 3.63) is 81.2 Å². The number of amides is 2. The number of nitrogens with one attached hydrogen (secondary N) is 1. The lowest BCUT2D eigenvalue weighted by atomic mass is 9.76. The van der Waals surface area contributed by atoms with Crippen molar-refractivity contribution < 1.29 is 14.3 Å². The highest BCUT2D eigenvalue weighted by atomic mass is 35.5. The quantitative estimate of drug-likeness (QED) is 0.545. The molecule has 7 nitrogen and oxygen atoms in total. The van der Waals surface area contributed by atoms with Gasteiger partial charge >= 0.3 is 0 Å². The minimum atomic E-state index is -0.742. The third-order valence-electron chi connectivity index (χ3n) is 6.98. The topological polar surface area (TPSA) is 103 Å². The van der Waals surface area contributed by atoms with Gasteiger partial charge in [-0.2, -0.15) is 0 Å². The van der Waals surface area contributed by atoms with Gasteiger partial charge in [0.2, 0.25) is 11.8 Å². The Bertz CT molecular complexity index is 1370. The number of anilines is 1. The number of carbonyl (C=O) groups excluding carboxylic acids is 2. The molecule has 1 fully saturated rings. The number of primary amides is 1. The molecule has 3 unspecified atom stereocenters. The van der Waals surface area contributed by atoms with E-state index in [4.69, 9.17) is 22.1 Å². The molecule has 2 aromatic carbocycles. The molecule has 1 aliphatic carbocycles. The van der Waals surface area contributed by atoms with Crippen LogP contribution in [0.1, 0.15) is 48.1 Å². The van der Waals surface area contributed by atoms with Crippen molar-refractivity contribution in [1.82, 2.24) is 4.57 Å². The van der Waals surface area contributed by atoms with E-state index in [1.54, 1.807) is 36.5 Å². The second-order valence-corrected chi connectivity index (χ2v) is 9.59. The summed E-state index contributed by atoms with van der Waals surface area (Å²) in [4.78, 5) is 37.7. The number of nitrogens with zero attached hydrogens (tertiary/aromatic N) is 1. The highest BCUT2D eigenvalue weighted by Gasteiger charge is 2.36. The van der Waals surface area contributed by atoms with Crippen molar-refractivity contribution >= 4 is 29.1 Å². The first kappa shape index (κ1) is 23.2. The number of ether oxygens (including phenoxy) is 1. The number of rotatable bonds is 5. The van der Waals surface area contributed by atoms with Crippen LogP contribution >= 0.6 is 11.6 Å². The van der Waals surface area contributed by atoms with Gasteiger partial charge in [0.15, 0.2) is 0 Å². The van der Waals surface area contributed by atoms with Crippen LogP contribution in [0.25, 0.3) is 11.1 Å². The number of nitrogens with two attached hydrogens (primary N) is 1. The first-order chi connectivity index (χ1) is 16.8. The number of benzene rings is 2.